The van der Waals surface area contributed by atoms with E-state index in [0.29, 0.717) is 55.8 Å². The van der Waals surface area contributed by atoms with Crippen LogP contribution in [0.15, 0.2) is 74.0 Å². The molecule has 1 aliphatic heterocycles. The van der Waals surface area contributed by atoms with E-state index in [1.165, 1.54) is 29.9 Å². The van der Waals surface area contributed by atoms with Gasteiger partial charge in [-0.25, -0.2) is 9.79 Å². The van der Waals surface area contributed by atoms with Crippen LogP contribution in [0.25, 0.3) is 17.4 Å². The summed E-state index contributed by atoms with van der Waals surface area (Å²) in [5, 5.41) is 11.5. The SMILES string of the molecule is CCOC(=O)C1=C(C)N=c2s/c(=C\c3ccc(-c4cc([N+](=O)[O-])ccc4Cl)o3)c(=O)n2C1c1ccc(OC)c(OCC)c1. The number of furan rings is 1. The smallest absolute Gasteiger partial charge is 0.338 e. The molecule has 11 nitrogen and oxygen atoms in total. The summed E-state index contributed by atoms with van der Waals surface area (Å²) >= 11 is 7.42. The minimum atomic E-state index is -0.849. The van der Waals surface area contributed by atoms with E-state index in [4.69, 9.17) is 30.2 Å². The normalized spacial score (nSPS) is 14.7. The number of rotatable bonds is 9. The third kappa shape index (κ3) is 5.71. The van der Waals surface area contributed by atoms with Crippen molar-refractivity contribution in [2.45, 2.75) is 26.8 Å². The fourth-order valence-electron chi connectivity index (χ4n) is 4.76. The van der Waals surface area contributed by atoms with Crippen molar-refractivity contribution in [3.05, 3.63) is 106 Å². The first-order valence-electron chi connectivity index (χ1n) is 13.2. The highest BCUT2D eigenvalue weighted by molar-refractivity contribution is 7.07. The maximum absolute atomic E-state index is 13.9. The summed E-state index contributed by atoms with van der Waals surface area (Å²) in [7, 11) is 1.53. The molecule has 3 heterocycles. The molecular weight excluding hydrogens is 598 g/mol. The molecule has 0 spiro atoms. The van der Waals surface area contributed by atoms with Gasteiger partial charge in [-0.1, -0.05) is 29.0 Å². The number of carbonyl (C=O) groups excluding carboxylic acids is 1. The Morgan fingerprint density at radius 3 is 2.65 bits per heavy atom. The number of esters is 1. The topological polar surface area (TPSA) is 135 Å². The zero-order valence-electron chi connectivity index (χ0n) is 23.6. The number of allylic oxidation sites excluding steroid dienone is 1. The zero-order valence-corrected chi connectivity index (χ0v) is 25.2. The minimum Gasteiger partial charge on any atom is -0.493 e. The number of nitrogens with zero attached hydrogens (tertiary/aromatic N) is 3. The molecule has 0 radical (unpaired) electrons. The molecule has 1 aliphatic rings. The molecule has 222 valence electrons. The van der Waals surface area contributed by atoms with Gasteiger partial charge in [-0.2, -0.15) is 0 Å². The first-order chi connectivity index (χ1) is 20.7. The second-order valence-electron chi connectivity index (χ2n) is 9.27. The van der Waals surface area contributed by atoms with Gasteiger partial charge in [-0.05, 0) is 56.7 Å². The van der Waals surface area contributed by atoms with Gasteiger partial charge in [0.15, 0.2) is 16.3 Å². The van der Waals surface area contributed by atoms with Crippen LogP contribution in [-0.4, -0.2) is 35.8 Å². The average Bonchev–Trinajstić information content (AvgIpc) is 3.56. The molecule has 0 aliphatic carbocycles. The summed E-state index contributed by atoms with van der Waals surface area (Å²) in [6, 6.07) is 11.7. The number of nitro benzene ring substituents is 1. The summed E-state index contributed by atoms with van der Waals surface area (Å²) in [6.45, 7) is 5.78. The number of aromatic nitrogens is 1. The molecule has 1 unspecified atom stereocenters. The van der Waals surface area contributed by atoms with Crippen molar-refractivity contribution in [3.63, 3.8) is 0 Å². The number of methoxy groups -OCH3 is 1. The molecule has 0 saturated carbocycles. The Bertz CT molecular complexity index is 1960. The van der Waals surface area contributed by atoms with Crippen molar-refractivity contribution in [2.75, 3.05) is 20.3 Å². The fraction of sp³-hybridized carbons (Fsp3) is 0.233. The number of thiazole rings is 1. The fourth-order valence-corrected chi connectivity index (χ4v) is 6.00. The van der Waals surface area contributed by atoms with Gasteiger partial charge in [0.2, 0.25) is 0 Å². The van der Waals surface area contributed by atoms with Crippen LogP contribution in [0, 0.1) is 10.1 Å². The minimum absolute atomic E-state index is 0.135. The maximum Gasteiger partial charge on any atom is 0.338 e. The molecule has 0 fully saturated rings. The number of benzene rings is 2. The van der Waals surface area contributed by atoms with Gasteiger partial charge in [0.1, 0.15) is 11.5 Å². The van der Waals surface area contributed by atoms with E-state index in [9.17, 15) is 19.7 Å². The lowest BCUT2D eigenvalue weighted by molar-refractivity contribution is -0.384. The molecule has 0 saturated heterocycles. The van der Waals surface area contributed by atoms with Crippen molar-refractivity contribution in [3.8, 4) is 22.8 Å². The van der Waals surface area contributed by atoms with E-state index in [2.05, 4.69) is 4.99 Å². The van der Waals surface area contributed by atoms with Crippen molar-refractivity contribution < 1.29 is 28.3 Å². The molecule has 2 aromatic heterocycles. The van der Waals surface area contributed by atoms with Gasteiger partial charge in [-0.3, -0.25) is 19.5 Å². The summed E-state index contributed by atoms with van der Waals surface area (Å²) < 4.78 is 24.2. The van der Waals surface area contributed by atoms with E-state index in [1.807, 2.05) is 6.92 Å². The molecule has 4 aromatic rings. The quantitative estimate of drug-likeness (QED) is 0.144. The van der Waals surface area contributed by atoms with E-state index >= 15 is 0 Å². The highest BCUT2D eigenvalue weighted by Gasteiger charge is 2.34. The monoisotopic (exact) mass is 623 g/mol. The number of nitro groups is 1. The van der Waals surface area contributed by atoms with Crippen LogP contribution < -0.4 is 24.4 Å². The predicted molar refractivity (Wildman–Crippen MR) is 160 cm³/mol. The predicted octanol–water partition coefficient (Wildman–Crippen LogP) is 5.03. The van der Waals surface area contributed by atoms with Crippen LogP contribution in [0.1, 0.15) is 38.1 Å². The van der Waals surface area contributed by atoms with Crippen LogP contribution in [0.2, 0.25) is 5.02 Å². The number of fused-ring (bicyclic) bond motifs is 1. The molecule has 1 atom stereocenters. The summed E-state index contributed by atoms with van der Waals surface area (Å²) in [5.41, 5.74) is 1.07. The average molecular weight is 624 g/mol. The van der Waals surface area contributed by atoms with E-state index in [1.54, 1.807) is 50.3 Å². The summed E-state index contributed by atoms with van der Waals surface area (Å²) in [4.78, 5) is 42.8. The standard InChI is InChI=1S/C30H26ClN3O8S/c1-5-40-24-13-17(7-11-23(24)39-4)27-26(29(36)41-6-2)16(3)32-30-33(27)28(35)25(43-30)15-19-9-12-22(42-19)20-14-18(34(37)38)8-10-21(20)31/h7-15,27H,5-6H2,1-4H3/b25-15-. The van der Waals surface area contributed by atoms with Crippen molar-refractivity contribution >= 4 is 40.7 Å². The Kier molecular flexibility index (Phi) is 8.51. The van der Waals surface area contributed by atoms with Gasteiger partial charge in [0, 0.05) is 23.8 Å². The van der Waals surface area contributed by atoms with Crippen LogP contribution >= 0.6 is 22.9 Å². The van der Waals surface area contributed by atoms with Gasteiger partial charge >= 0.3 is 5.97 Å². The summed E-state index contributed by atoms with van der Waals surface area (Å²) in [5.74, 6) is 1.01. The van der Waals surface area contributed by atoms with Crippen LogP contribution in [0.3, 0.4) is 0 Å². The van der Waals surface area contributed by atoms with Crippen molar-refractivity contribution in [2.24, 2.45) is 4.99 Å². The summed E-state index contributed by atoms with van der Waals surface area (Å²) in [6.07, 6.45) is 1.55. The second-order valence-corrected chi connectivity index (χ2v) is 10.7. The van der Waals surface area contributed by atoms with Crippen molar-refractivity contribution in [1.29, 1.82) is 0 Å². The van der Waals surface area contributed by atoms with E-state index in [-0.39, 0.29) is 22.9 Å². The molecule has 0 N–H and O–H groups in total. The second kappa shape index (κ2) is 12.3. The number of ether oxygens (including phenoxy) is 3. The Hall–Kier alpha value is -4.68. The molecule has 0 bridgehead atoms. The van der Waals surface area contributed by atoms with Crippen LogP contribution in [0.5, 0.6) is 11.5 Å². The Balaban J connectivity index is 1.65. The maximum atomic E-state index is 13.9. The Morgan fingerprint density at radius 1 is 1.16 bits per heavy atom. The first kappa shape index (κ1) is 29.8. The Morgan fingerprint density at radius 2 is 1.95 bits per heavy atom. The molecule has 2 aromatic carbocycles. The first-order valence-corrected chi connectivity index (χ1v) is 14.4. The van der Waals surface area contributed by atoms with Crippen LogP contribution in [-0.2, 0) is 9.53 Å². The number of hydrogen-bond acceptors (Lipinski definition) is 10. The highest BCUT2D eigenvalue weighted by atomic mass is 35.5. The molecule has 0 amide bonds. The lowest BCUT2D eigenvalue weighted by Gasteiger charge is -2.25. The van der Waals surface area contributed by atoms with Crippen LogP contribution in [0.4, 0.5) is 5.69 Å². The van der Waals surface area contributed by atoms with Gasteiger partial charge in [0.25, 0.3) is 11.2 Å². The third-order valence-electron chi connectivity index (χ3n) is 6.65. The van der Waals surface area contributed by atoms with E-state index in [0.717, 1.165) is 11.3 Å². The van der Waals surface area contributed by atoms with Gasteiger partial charge < -0.3 is 18.6 Å². The molecule has 43 heavy (non-hydrogen) atoms. The van der Waals surface area contributed by atoms with Gasteiger partial charge in [-0.15, -0.1) is 0 Å². The number of carbonyl (C=O) groups is 1. The molecule has 5 rings (SSSR count). The number of halogens is 1. The number of non-ortho nitro benzene ring substituents is 1. The lowest BCUT2D eigenvalue weighted by Crippen LogP contribution is -2.39. The third-order valence-corrected chi connectivity index (χ3v) is 7.96. The Labute approximate surface area is 254 Å². The highest BCUT2D eigenvalue weighted by Crippen LogP contribution is 2.36. The molecular formula is C30H26ClN3O8S. The van der Waals surface area contributed by atoms with Gasteiger partial charge in [0.05, 0.1) is 52.1 Å². The van der Waals surface area contributed by atoms with E-state index < -0.39 is 22.5 Å². The largest absolute Gasteiger partial charge is 0.493 e. The van der Waals surface area contributed by atoms with Crippen molar-refractivity contribution in [1.82, 2.24) is 4.57 Å². The molecule has 13 heteroatoms. The zero-order chi connectivity index (χ0) is 30.8. The lowest BCUT2D eigenvalue weighted by atomic mass is 9.95. The number of hydrogen-bond donors (Lipinski definition) is 0.